The van der Waals surface area contributed by atoms with Crippen molar-refractivity contribution in [2.45, 2.75) is 12.5 Å². The normalized spacial score (nSPS) is 12.8. The Kier molecular flexibility index (Phi) is 5.25. The van der Waals surface area contributed by atoms with Crippen LogP contribution in [0.5, 0.6) is 5.75 Å². The van der Waals surface area contributed by atoms with Gasteiger partial charge in [-0.1, -0.05) is 12.1 Å². The van der Waals surface area contributed by atoms with Crippen molar-refractivity contribution in [1.29, 1.82) is 0 Å². The number of nitrogens with two attached hydrogens (primary N) is 1. The zero-order valence-electron chi connectivity index (χ0n) is 10.2. The van der Waals surface area contributed by atoms with E-state index < -0.39 is 0 Å². The van der Waals surface area contributed by atoms with Gasteiger partial charge < -0.3 is 9.64 Å². The van der Waals surface area contributed by atoms with Gasteiger partial charge in [-0.05, 0) is 38.2 Å². The van der Waals surface area contributed by atoms with E-state index in [2.05, 4.69) is 16.4 Å². The van der Waals surface area contributed by atoms with Crippen LogP contribution in [0.2, 0.25) is 0 Å². The number of hydrazine groups is 1. The van der Waals surface area contributed by atoms with Crippen LogP contribution in [0.4, 0.5) is 0 Å². The smallest absolute Gasteiger partial charge is 0.119 e. The summed E-state index contributed by atoms with van der Waals surface area (Å²) in [6.07, 6.45) is 0.895. The van der Waals surface area contributed by atoms with Crippen molar-refractivity contribution in [3.63, 3.8) is 0 Å². The van der Waals surface area contributed by atoms with E-state index in [0.717, 1.165) is 18.7 Å². The van der Waals surface area contributed by atoms with Crippen molar-refractivity contribution in [1.82, 2.24) is 10.3 Å². The largest absolute Gasteiger partial charge is 0.497 e. The van der Waals surface area contributed by atoms with Gasteiger partial charge in [-0.25, -0.2) is 0 Å². The molecule has 0 aliphatic carbocycles. The van der Waals surface area contributed by atoms with Gasteiger partial charge in [-0.2, -0.15) is 0 Å². The van der Waals surface area contributed by atoms with Crippen LogP contribution >= 0.6 is 0 Å². The highest BCUT2D eigenvalue weighted by Gasteiger charge is 2.09. The summed E-state index contributed by atoms with van der Waals surface area (Å²) in [5.74, 6) is 6.42. The zero-order valence-corrected chi connectivity index (χ0v) is 10.2. The molecule has 1 aromatic rings. The van der Waals surface area contributed by atoms with Crippen LogP contribution < -0.4 is 16.0 Å². The number of nitrogens with one attached hydrogen (secondary N) is 1. The third-order valence-electron chi connectivity index (χ3n) is 2.44. The van der Waals surface area contributed by atoms with Crippen LogP contribution in [0.25, 0.3) is 0 Å². The Bertz CT molecular complexity index is 315. The van der Waals surface area contributed by atoms with Crippen molar-refractivity contribution in [2.75, 3.05) is 27.7 Å². The number of hydrogen-bond acceptors (Lipinski definition) is 4. The third kappa shape index (κ3) is 4.18. The summed E-state index contributed by atoms with van der Waals surface area (Å²) in [6, 6.07) is 8.32. The van der Waals surface area contributed by atoms with E-state index in [1.54, 1.807) is 7.11 Å². The molecule has 0 radical (unpaired) electrons. The lowest BCUT2D eigenvalue weighted by molar-refractivity contribution is 0.338. The first kappa shape index (κ1) is 13.0. The van der Waals surface area contributed by atoms with Gasteiger partial charge in [0, 0.05) is 12.6 Å². The summed E-state index contributed by atoms with van der Waals surface area (Å²) < 4.78 is 5.19. The van der Waals surface area contributed by atoms with Gasteiger partial charge in [0.2, 0.25) is 0 Å². The maximum Gasteiger partial charge on any atom is 0.119 e. The van der Waals surface area contributed by atoms with Crippen molar-refractivity contribution in [3.05, 3.63) is 29.8 Å². The Labute approximate surface area is 97.4 Å². The van der Waals surface area contributed by atoms with Crippen molar-refractivity contribution in [2.24, 2.45) is 5.84 Å². The van der Waals surface area contributed by atoms with Crippen LogP contribution in [0, 0.1) is 0 Å². The van der Waals surface area contributed by atoms with Gasteiger partial charge in [0.15, 0.2) is 0 Å². The quantitative estimate of drug-likeness (QED) is 0.548. The SMILES string of the molecule is COc1cccc(CC(CN(C)C)NN)c1. The summed E-state index contributed by atoms with van der Waals surface area (Å²) in [5, 5.41) is 0. The summed E-state index contributed by atoms with van der Waals surface area (Å²) >= 11 is 0. The highest BCUT2D eigenvalue weighted by molar-refractivity contribution is 5.28. The molecule has 0 aliphatic rings. The minimum absolute atomic E-state index is 0.252. The Hall–Kier alpha value is -1.10. The molecule has 4 nitrogen and oxygen atoms in total. The summed E-state index contributed by atoms with van der Waals surface area (Å²) in [7, 11) is 5.75. The van der Waals surface area contributed by atoms with Crippen molar-refractivity contribution >= 4 is 0 Å². The number of methoxy groups -OCH3 is 1. The second kappa shape index (κ2) is 6.48. The molecule has 1 aromatic carbocycles. The summed E-state index contributed by atoms with van der Waals surface area (Å²) in [4.78, 5) is 2.12. The van der Waals surface area contributed by atoms with Gasteiger partial charge in [-0.3, -0.25) is 11.3 Å². The molecule has 0 spiro atoms. The molecule has 0 fully saturated rings. The fourth-order valence-electron chi connectivity index (χ4n) is 1.70. The molecule has 90 valence electrons. The van der Waals surface area contributed by atoms with Crippen LogP contribution in [-0.2, 0) is 6.42 Å². The number of rotatable bonds is 6. The number of likely N-dealkylation sites (N-methyl/N-ethyl adjacent to an activating group) is 1. The predicted molar refractivity (Wildman–Crippen MR) is 66.4 cm³/mol. The second-order valence-electron chi connectivity index (χ2n) is 4.18. The first-order valence-corrected chi connectivity index (χ1v) is 5.39. The molecular formula is C12H21N3O. The number of nitrogens with zero attached hydrogens (tertiary/aromatic N) is 1. The molecule has 4 heteroatoms. The molecule has 1 rings (SSSR count). The number of benzene rings is 1. The van der Waals surface area contributed by atoms with Crippen molar-refractivity contribution < 1.29 is 4.74 Å². The molecule has 0 aromatic heterocycles. The van der Waals surface area contributed by atoms with E-state index in [1.165, 1.54) is 5.56 Å². The van der Waals surface area contributed by atoms with E-state index in [1.807, 2.05) is 32.3 Å². The zero-order chi connectivity index (χ0) is 12.0. The minimum atomic E-state index is 0.252. The molecule has 0 amide bonds. The average Bonchev–Trinajstić information content (AvgIpc) is 2.28. The first-order chi connectivity index (χ1) is 7.65. The molecular weight excluding hydrogens is 202 g/mol. The molecule has 16 heavy (non-hydrogen) atoms. The summed E-state index contributed by atoms with van der Waals surface area (Å²) in [6.45, 7) is 0.910. The molecule has 3 N–H and O–H groups in total. The number of ether oxygens (including phenoxy) is 1. The standard InChI is InChI=1S/C12H21N3O/c1-15(2)9-11(14-13)7-10-5-4-6-12(8-10)16-3/h4-6,8,11,14H,7,9,13H2,1-3H3. The fourth-order valence-corrected chi connectivity index (χ4v) is 1.70. The highest BCUT2D eigenvalue weighted by Crippen LogP contribution is 2.13. The lowest BCUT2D eigenvalue weighted by Crippen LogP contribution is -2.43. The van der Waals surface area contributed by atoms with Crippen molar-refractivity contribution in [3.8, 4) is 5.75 Å². The Balaban J connectivity index is 2.62. The first-order valence-electron chi connectivity index (χ1n) is 5.39. The maximum atomic E-state index is 5.53. The van der Waals surface area contributed by atoms with Gasteiger partial charge in [0.05, 0.1) is 7.11 Å². The monoisotopic (exact) mass is 223 g/mol. The maximum absolute atomic E-state index is 5.53. The van der Waals surface area contributed by atoms with E-state index >= 15 is 0 Å². The molecule has 0 heterocycles. The van der Waals surface area contributed by atoms with E-state index in [-0.39, 0.29) is 6.04 Å². The van der Waals surface area contributed by atoms with Crippen LogP contribution in [0.1, 0.15) is 5.56 Å². The molecule has 0 saturated carbocycles. The van der Waals surface area contributed by atoms with Gasteiger partial charge >= 0.3 is 0 Å². The van der Waals surface area contributed by atoms with Crippen LogP contribution in [0.3, 0.4) is 0 Å². The van der Waals surface area contributed by atoms with Gasteiger partial charge in [-0.15, -0.1) is 0 Å². The average molecular weight is 223 g/mol. The summed E-state index contributed by atoms with van der Waals surface area (Å²) in [5.41, 5.74) is 4.06. The fraction of sp³-hybridized carbons (Fsp3) is 0.500. The molecule has 1 unspecified atom stereocenters. The minimum Gasteiger partial charge on any atom is -0.497 e. The van der Waals surface area contributed by atoms with E-state index in [9.17, 15) is 0 Å². The molecule has 1 atom stereocenters. The van der Waals surface area contributed by atoms with Gasteiger partial charge in [0.1, 0.15) is 5.75 Å². The van der Waals surface area contributed by atoms with E-state index in [0.29, 0.717) is 0 Å². The van der Waals surface area contributed by atoms with Gasteiger partial charge in [0.25, 0.3) is 0 Å². The molecule has 0 saturated heterocycles. The highest BCUT2D eigenvalue weighted by atomic mass is 16.5. The lowest BCUT2D eigenvalue weighted by Gasteiger charge is -2.20. The number of hydrogen-bond donors (Lipinski definition) is 2. The van der Waals surface area contributed by atoms with Crippen LogP contribution in [-0.4, -0.2) is 38.7 Å². The Morgan fingerprint density at radius 3 is 2.75 bits per heavy atom. The molecule has 0 bridgehead atoms. The third-order valence-corrected chi connectivity index (χ3v) is 2.44. The Morgan fingerprint density at radius 1 is 1.44 bits per heavy atom. The topological polar surface area (TPSA) is 50.5 Å². The van der Waals surface area contributed by atoms with Crippen LogP contribution in [0.15, 0.2) is 24.3 Å². The lowest BCUT2D eigenvalue weighted by atomic mass is 10.1. The Morgan fingerprint density at radius 2 is 2.19 bits per heavy atom. The molecule has 0 aliphatic heterocycles. The van der Waals surface area contributed by atoms with E-state index in [4.69, 9.17) is 10.6 Å². The predicted octanol–water partition coefficient (Wildman–Crippen LogP) is 0.631. The second-order valence-corrected chi connectivity index (χ2v) is 4.18.